The number of nitrogens with zero attached hydrogens (tertiary/aromatic N) is 1. The van der Waals surface area contributed by atoms with Crippen LogP contribution in [-0.2, 0) is 4.79 Å². The molecule has 0 spiro atoms. The fraction of sp³-hybridized carbons (Fsp3) is 0.286. The molecule has 0 saturated carbocycles. The van der Waals surface area contributed by atoms with Gasteiger partial charge in [-0.1, -0.05) is 23.9 Å². The topological polar surface area (TPSA) is 94.3 Å². The lowest BCUT2D eigenvalue weighted by atomic mass is 10.1. The van der Waals surface area contributed by atoms with Gasteiger partial charge in [0.25, 0.3) is 5.91 Å². The summed E-state index contributed by atoms with van der Waals surface area (Å²) in [4.78, 5) is 30.2. The van der Waals surface area contributed by atoms with Gasteiger partial charge in [0.15, 0.2) is 0 Å². The Labute approximate surface area is 177 Å². The lowest BCUT2D eigenvalue weighted by Crippen LogP contribution is -2.24. The van der Waals surface area contributed by atoms with Crippen molar-refractivity contribution in [2.45, 2.75) is 38.0 Å². The molecule has 152 valence electrons. The van der Waals surface area contributed by atoms with E-state index in [9.17, 15) is 9.59 Å². The van der Waals surface area contributed by atoms with E-state index in [2.05, 4.69) is 10.3 Å². The van der Waals surface area contributed by atoms with Gasteiger partial charge in [0.1, 0.15) is 16.3 Å². The number of benzene rings is 1. The van der Waals surface area contributed by atoms with Crippen LogP contribution < -0.4 is 15.8 Å². The zero-order valence-corrected chi connectivity index (χ0v) is 18.6. The number of hydrogen-bond acceptors (Lipinski definition) is 6. The van der Waals surface area contributed by atoms with Crippen molar-refractivity contribution in [1.82, 2.24) is 4.98 Å². The van der Waals surface area contributed by atoms with Crippen LogP contribution in [0.2, 0.25) is 0 Å². The summed E-state index contributed by atoms with van der Waals surface area (Å²) >= 11 is 2.71. The number of rotatable bonds is 6. The van der Waals surface area contributed by atoms with Crippen molar-refractivity contribution in [3.05, 3.63) is 45.8 Å². The Morgan fingerprint density at radius 3 is 2.66 bits per heavy atom. The van der Waals surface area contributed by atoms with Gasteiger partial charge in [-0.05, 0) is 51.0 Å². The average Bonchev–Trinajstić information content (AvgIpc) is 2.94. The van der Waals surface area contributed by atoms with Crippen LogP contribution in [0.3, 0.4) is 0 Å². The number of pyridine rings is 1. The number of para-hydroxylation sites is 1. The molecule has 3 N–H and O–H groups in total. The number of carbonyl (C=O) groups is 2. The Balaban J connectivity index is 1.84. The van der Waals surface area contributed by atoms with Gasteiger partial charge in [-0.15, -0.1) is 11.3 Å². The van der Waals surface area contributed by atoms with E-state index in [0.717, 1.165) is 31.9 Å². The molecule has 0 bridgehead atoms. The van der Waals surface area contributed by atoms with Crippen molar-refractivity contribution >= 4 is 50.8 Å². The van der Waals surface area contributed by atoms with Gasteiger partial charge in [-0.25, -0.2) is 4.98 Å². The summed E-state index contributed by atoms with van der Waals surface area (Å²) in [5, 5.41) is 4.68. The predicted molar refractivity (Wildman–Crippen MR) is 119 cm³/mol. The molecule has 0 aliphatic carbocycles. The van der Waals surface area contributed by atoms with Crippen LogP contribution >= 0.6 is 23.1 Å². The molecule has 2 heterocycles. The number of amides is 2. The molecule has 6 nitrogen and oxygen atoms in total. The minimum Gasteiger partial charge on any atom is -0.494 e. The summed E-state index contributed by atoms with van der Waals surface area (Å²) in [7, 11) is 1.61. The number of aryl methyl sites for hydroxylation is 2. The molecule has 1 unspecified atom stereocenters. The number of anilines is 1. The summed E-state index contributed by atoms with van der Waals surface area (Å²) in [5.41, 5.74) is 8.50. The Morgan fingerprint density at radius 2 is 2.00 bits per heavy atom. The fourth-order valence-electron chi connectivity index (χ4n) is 3.05. The van der Waals surface area contributed by atoms with Crippen LogP contribution in [0.5, 0.6) is 5.75 Å². The molecule has 0 fully saturated rings. The lowest BCUT2D eigenvalue weighted by Gasteiger charge is -2.13. The molecular formula is C21H23N3O3S2. The summed E-state index contributed by atoms with van der Waals surface area (Å²) in [6, 6.07) is 7.76. The van der Waals surface area contributed by atoms with Crippen molar-refractivity contribution in [3.8, 4) is 5.75 Å². The number of nitrogens with two attached hydrogens (primary N) is 1. The largest absolute Gasteiger partial charge is 0.494 e. The molecular weight excluding hydrogens is 406 g/mol. The predicted octanol–water partition coefficient (Wildman–Crippen LogP) is 4.45. The molecule has 1 atom stereocenters. The molecule has 2 aromatic heterocycles. The molecule has 2 amide bonds. The molecule has 1 aromatic carbocycles. The van der Waals surface area contributed by atoms with Gasteiger partial charge in [0.05, 0.1) is 22.9 Å². The summed E-state index contributed by atoms with van der Waals surface area (Å²) in [6.07, 6.45) is 0. The van der Waals surface area contributed by atoms with E-state index in [4.69, 9.17) is 10.5 Å². The third-order valence-electron chi connectivity index (χ3n) is 4.74. The first-order valence-electron chi connectivity index (χ1n) is 9.04. The second-order valence-electron chi connectivity index (χ2n) is 6.73. The highest BCUT2D eigenvalue weighted by molar-refractivity contribution is 8.00. The smallest absolute Gasteiger partial charge is 0.251 e. The van der Waals surface area contributed by atoms with Crippen LogP contribution in [-0.4, -0.2) is 29.2 Å². The molecule has 0 aliphatic heterocycles. The minimum absolute atomic E-state index is 0.210. The number of thiophene rings is 1. The molecule has 0 aliphatic rings. The number of ether oxygens (including phenoxy) is 1. The maximum Gasteiger partial charge on any atom is 0.251 e. The monoisotopic (exact) mass is 429 g/mol. The van der Waals surface area contributed by atoms with Crippen molar-refractivity contribution in [3.63, 3.8) is 0 Å². The number of hydrogen-bond donors (Lipinski definition) is 2. The van der Waals surface area contributed by atoms with E-state index >= 15 is 0 Å². The summed E-state index contributed by atoms with van der Waals surface area (Å²) < 4.78 is 5.42. The molecule has 8 heteroatoms. The van der Waals surface area contributed by atoms with E-state index in [1.54, 1.807) is 14.0 Å². The highest BCUT2D eigenvalue weighted by atomic mass is 32.2. The van der Waals surface area contributed by atoms with Crippen LogP contribution in [0, 0.1) is 20.8 Å². The minimum atomic E-state index is -0.540. The van der Waals surface area contributed by atoms with E-state index in [-0.39, 0.29) is 5.91 Å². The van der Waals surface area contributed by atoms with Crippen molar-refractivity contribution in [2.75, 3.05) is 12.4 Å². The fourth-order valence-corrected chi connectivity index (χ4v) is 5.03. The molecule has 3 aromatic rings. The zero-order chi connectivity index (χ0) is 21.3. The van der Waals surface area contributed by atoms with Gasteiger partial charge in [0.2, 0.25) is 5.91 Å². The number of aromatic nitrogens is 1. The van der Waals surface area contributed by atoms with Crippen LogP contribution in [0.15, 0.2) is 29.3 Å². The van der Waals surface area contributed by atoms with Crippen molar-refractivity contribution in [2.24, 2.45) is 5.73 Å². The number of methoxy groups -OCH3 is 1. The second kappa shape index (κ2) is 8.42. The van der Waals surface area contributed by atoms with Gasteiger partial charge >= 0.3 is 0 Å². The Morgan fingerprint density at radius 1 is 1.28 bits per heavy atom. The Kier molecular flexibility index (Phi) is 6.14. The first kappa shape index (κ1) is 21.1. The van der Waals surface area contributed by atoms with Crippen LogP contribution in [0.25, 0.3) is 10.9 Å². The third kappa shape index (κ3) is 4.23. The maximum atomic E-state index is 12.8. The van der Waals surface area contributed by atoms with Gasteiger partial charge in [-0.3, -0.25) is 9.59 Å². The third-order valence-corrected chi connectivity index (χ3v) is 6.88. The Hall–Kier alpha value is -2.58. The van der Waals surface area contributed by atoms with E-state index in [0.29, 0.717) is 16.3 Å². The quantitative estimate of drug-likeness (QED) is 0.565. The highest BCUT2D eigenvalue weighted by Crippen LogP contribution is 2.34. The molecule has 0 saturated heterocycles. The summed E-state index contributed by atoms with van der Waals surface area (Å²) in [5.74, 6) is -0.0551. The van der Waals surface area contributed by atoms with Gasteiger partial charge < -0.3 is 15.8 Å². The molecule has 29 heavy (non-hydrogen) atoms. The van der Waals surface area contributed by atoms with Gasteiger partial charge in [0, 0.05) is 10.3 Å². The number of thioether (sulfide) groups is 1. The second-order valence-corrected chi connectivity index (χ2v) is 9.32. The van der Waals surface area contributed by atoms with Gasteiger partial charge in [-0.2, -0.15) is 0 Å². The zero-order valence-electron chi connectivity index (χ0n) is 17.0. The number of carbonyl (C=O) groups excluding carboxylic acids is 2. The summed E-state index contributed by atoms with van der Waals surface area (Å²) in [6.45, 7) is 7.54. The maximum absolute atomic E-state index is 12.8. The SMILES string of the molecule is COc1cccc2c(C)cc(SC(C)C(=O)Nc3sc(C)c(C)c3C(N)=O)nc12. The highest BCUT2D eigenvalue weighted by Gasteiger charge is 2.22. The number of fused-ring (bicyclic) bond motifs is 1. The number of primary amides is 1. The average molecular weight is 430 g/mol. The van der Waals surface area contributed by atoms with E-state index in [1.165, 1.54) is 23.1 Å². The van der Waals surface area contributed by atoms with Crippen molar-refractivity contribution < 1.29 is 14.3 Å². The number of nitrogens with one attached hydrogen (secondary N) is 1. The molecule has 3 rings (SSSR count). The standard InChI is InChI=1S/C21H23N3O3S2/c1-10-9-16(23-18-14(10)7-6-8-15(18)27-5)28-13(4)20(26)24-21-17(19(22)25)11(2)12(3)29-21/h6-9,13H,1-5H3,(H2,22,25)(H,24,26). The van der Waals surface area contributed by atoms with E-state index < -0.39 is 11.2 Å². The first-order chi connectivity index (χ1) is 13.7. The first-order valence-corrected chi connectivity index (χ1v) is 10.7. The van der Waals surface area contributed by atoms with E-state index in [1.807, 2.05) is 45.0 Å². The molecule has 0 radical (unpaired) electrons. The van der Waals surface area contributed by atoms with Crippen LogP contribution in [0.1, 0.15) is 33.3 Å². The normalized spacial score (nSPS) is 12.0. The lowest BCUT2D eigenvalue weighted by molar-refractivity contribution is -0.115. The Bertz CT molecular complexity index is 1110. The van der Waals surface area contributed by atoms with Crippen LogP contribution in [0.4, 0.5) is 5.00 Å². The van der Waals surface area contributed by atoms with Crippen molar-refractivity contribution in [1.29, 1.82) is 0 Å².